The molecule has 4 rings (SSSR count). The van der Waals surface area contributed by atoms with Crippen LogP contribution in [-0.4, -0.2) is 32.8 Å². The molecule has 2 aromatic rings. The van der Waals surface area contributed by atoms with E-state index in [1.807, 2.05) is 6.07 Å². The Hall–Kier alpha value is -1.48. The Balaban J connectivity index is 1.68. The van der Waals surface area contributed by atoms with Crippen molar-refractivity contribution in [2.45, 2.75) is 57.1 Å². The van der Waals surface area contributed by atoms with Crippen molar-refractivity contribution in [3.63, 3.8) is 0 Å². The molecule has 2 aromatic carbocycles. The molecule has 1 fully saturated rings. The summed E-state index contributed by atoms with van der Waals surface area (Å²) in [4.78, 5) is 0.688. The molecule has 3 nitrogen and oxygen atoms in total. The number of benzene rings is 2. The molecule has 0 aromatic heterocycles. The van der Waals surface area contributed by atoms with E-state index in [1.165, 1.54) is 16.4 Å². The van der Waals surface area contributed by atoms with Crippen LogP contribution in [0.1, 0.15) is 44.7 Å². The van der Waals surface area contributed by atoms with Crippen LogP contribution in [0.5, 0.6) is 11.5 Å². The molecule has 3 atom stereocenters. The van der Waals surface area contributed by atoms with Crippen LogP contribution in [0.3, 0.4) is 0 Å². The standard InChI is InChI=1S/C24H30O3Se/c1-23(2)20-14-17-12-16(15-25)13-19(26-4)22(17)27-24(20,3)11-10-21(23)28-18-8-6-5-7-9-18/h5-9,12-13,20-21,25H,10-11,14-15H2,1-4H3/t20-,21+,24+/m1/s1. The molecule has 0 unspecified atom stereocenters. The first-order valence-corrected chi connectivity index (χ1v) is 11.9. The summed E-state index contributed by atoms with van der Waals surface area (Å²) in [6.07, 6.45) is 3.25. The van der Waals surface area contributed by atoms with Crippen molar-refractivity contribution in [2.24, 2.45) is 11.3 Å². The molecule has 150 valence electrons. The van der Waals surface area contributed by atoms with Crippen molar-refractivity contribution in [2.75, 3.05) is 7.11 Å². The predicted molar refractivity (Wildman–Crippen MR) is 114 cm³/mol. The summed E-state index contributed by atoms with van der Waals surface area (Å²) in [5.74, 6) is 2.06. The van der Waals surface area contributed by atoms with Gasteiger partial charge in [-0.05, 0) is 0 Å². The van der Waals surface area contributed by atoms with Crippen LogP contribution in [0.15, 0.2) is 42.5 Å². The third-order valence-electron chi connectivity index (χ3n) is 6.74. The Kier molecular flexibility index (Phi) is 5.24. The molecule has 0 saturated heterocycles. The number of aliphatic hydroxyl groups excluding tert-OH is 1. The first-order chi connectivity index (χ1) is 13.4. The van der Waals surface area contributed by atoms with Gasteiger partial charge in [0.1, 0.15) is 0 Å². The molecule has 28 heavy (non-hydrogen) atoms. The number of methoxy groups -OCH3 is 1. The van der Waals surface area contributed by atoms with E-state index >= 15 is 0 Å². The van der Waals surface area contributed by atoms with Crippen LogP contribution >= 0.6 is 0 Å². The molecule has 2 aliphatic rings. The van der Waals surface area contributed by atoms with Crippen LogP contribution in [0.25, 0.3) is 0 Å². The van der Waals surface area contributed by atoms with Crippen molar-refractivity contribution >= 4 is 19.4 Å². The van der Waals surface area contributed by atoms with Gasteiger partial charge in [-0.25, -0.2) is 0 Å². The molecule has 1 saturated carbocycles. The molecule has 0 spiro atoms. The van der Waals surface area contributed by atoms with E-state index in [4.69, 9.17) is 9.47 Å². The second-order valence-corrected chi connectivity index (χ2v) is 11.6. The molecule has 1 N–H and O–H groups in total. The number of ether oxygens (including phenoxy) is 2. The van der Waals surface area contributed by atoms with E-state index in [0.29, 0.717) is 25.7 Å². The quantitative estimate of drug-likeness (QED) is 0.720. The van der Waals surface area contributed by atoms with Gasteiger partial charge in [-0.1, -0.05) is 0 Å². The van der Waals surface area contributed by atoms with E-state index in [-0.39, 0.29) is 17.6 Å². The average molecular weight is 445 g/mol. The second kappa shape index (κ2) is 7.40. The molecule has 1 aliphatic carbocycles. The average Bonchev–Trinajstić information content (AvgIpc) is 2.69. The summed E-state index contributed by atoms with van der Waals surface area (Å²) in [6.45, 7) is 7.18. The summed E-state index contributed by atoms with van der Waals surface area (Å²) in [6, 6.07) is 14.9. The molecule has 4 heteroatoms. The molecule has 1 heterocycles. The van der Waals surface area contributed by atoms with Gasteiger partial charge in [0.2, 0.25) is 0 Å². The minimum absolute atomic E-state index is 0.0225. The Morgan fingerprint density at radius 3 is 2.61 bits per heavy atom. The summed E-state index contributed by atoms with van der Waals surface area (Å²) < 4.78 is 13.8. The van der Waals surface area contributed by atoms with Crippen LogP contribution < -0.4 is 13.9 Å². The van der Waals surface area contributed by atoms with Gasteiger partial charge in [-0.2, -0.15) is 0 Å². The number of rotatable bonds is 4. The fraction of sp³-hybridized carbons (Fsp3) is 0.500. The fourth-order valence-corrected chi connectivity index (χ4v) is 7.96. The SMILES string of the molecule is COc1cc(CO)cc2c1O[C@@]1(C)CC[C@H]([Se]c3ccccc3)C(C)(C)[C@H]1C2. The van der Waals surface area contributed by atoms with Gasteiger partial charge in [-0.15, -0.1) is 0 Å². The van der Waals surface area contributed by atoms with Crippen molar-refractivity contribution in [1.82, 2.24) is 0 Å². The first-order valence-electron chi connectivity index (χ1n) is 10.1. The molecule has 1 aliphatic heterocycles. The zero-order chi connectivity index (χ0) is 19.9. The molecule has 0 radical (unpaired) electrons. The Bertz CT molecular complexity index is 848. The molecular weight excluding hydrogens is 415 g/mol. The van der Waals surface area contributed by atoms with Gasteiger partial charge in [-0.3, -0.25) is 0 Å². The zero-order valence-electron chi connectivity index (χ0n) is 17.2. The molecule has 0 bridgehead atoms. The van der Waals surface area contributed by atoms with Crippen LogP contribution in [0.4, 0.5) is 0 Å². The van der Waals surface area contributed by atoms with E-state index in [9.17, 15) is 5.11 Å². The van der Waals surface area contributed by atoms with Crippen molar-refractivity contribution in [1.29, 1.82) is 0 Å². The van der Waals surface area contributed by atoms with Crippen molar-refractivity contribution in [3.05, 3.63) is 53.6 Å². The maximum absolute atomic E-state index is 9.66. The van der Waals surface area contributed by atoms with Crippen LogP contribution in [-0.2, 0) is 13.0 Å². The van der Waals surface area contributed by atoms with Crippen molar-refractivity contribution < 1.29 is 14.6 Å². The summed E-state index contributed by atoms with van der Waals surface area (Å²) >= 11 is 0.455. The topological polar surface area (TPSA) is 38.7 Å². The normalized spacial score (nSPS) is 28.0. The number of hydrogen-bond donors (Lipinski definition) is 1. The summed E-state index contributed by atoms with van der Waals surface area (Å²) in [7, 11) is 1.68. The van der Waals surface area contributed by atoms with Gasteiger partial charge in [0, 0.05) is 0 Å². The Labute approximate surface area is 174 Å². The third-order valence-corrected chi connectivity index (χ3v) is 10.3. The van der Waals surface area contributed by atoms with Gasteiger partial charge in [0.25, 0.3) is 0 Å². The van der Waals surface area contributed by atoms with Crippen molar-refractivity contribution in [3.8, 4) is 11.5 Å². The van der Waals surface area contributed by atoms with E-state index in [1.54, 1.807) is 7.11 Å². The minimum atomic E-state index is -0.173. The second-order valence-electron chi connectivity index (χ2n) is 8.90. The number of aliphatic hydroxyl groups is 1. The summed E-state index contributed by atoms with van der Waals surface area (Å²) in [5, 5.41) is 9.66. The third kappa shape index (κ3) is 3.36. The molecular formula is C24H30O3Se. The van der Waals surface area contributed by atoms with E-state index in [2.05, 4.69) is 57.2 Å². The number of hydrogen-bond acceptors (Lipinski definition) is 3. The zero-order valence-corrected chi connectivity index (χ0v) is 18.9. The predicted octanol–water partition coefficient (Wildman–Crippen LogP) is 4.14. The monoisotopic (exact) mass is 446 g/mol. The van der Waals surface area contributed by atoms with Gasteiger partial charge >= 0.3 is 175 Å². The van der Waals surface area contributed by atoms with Crippen LogP contribution in [0.2, 0.25) is 4.82 Å². The maximum atomic E-state index is 9.66. The number of fused-ring (bicyclic) bond motifs is 2. The van der Waals surface area contributed by atoms with E-state index in [0.717, 1.165) is 29.9 Å². The van der Waals surface area contributed by atoms with Crippen LogP contribution in [0, 0.1) is 11.3 Å². The summed E-state index contributed by atoms with van der Waals surface area (Å²) in [5.41, 5.74) is 2.07. The van der Waals surface area contributed by atoms with Gasteiger partial charge in [0.15, 0.2) is 0 Å². The first kappa shape index (κ1) is 19.8. The molecule has 0 amide bonds. The Morgan fingerprint density at radius 2 is 1.93 bits per heavy atom. The van der Waals surface area contributed by atoms with Gasteiger partial charge < -0.3 is 0 Å². The van der Waals surface area contributed by atoms with E-state index < -0.39 is 0 Å². The Morgan fingerprint density at radius 1 is 1.18 bits per heavy atom. The van der Waals surface area contributed by atoms with Gasteiger partial charge in [0.05, 0.1) is 0 Å². The fourth-order valence-electron chi connectivity index (χ4n) is 5.14.